The molecule has 0 aliphatic carbocycles. The highest BCUT2D eigenvalue weighted by Gasteiger charge is 2.45. The molecule has 15 heavy (non-hydrogen) atoms. The second kappa shape index (κ2) is 4.56. The Balaban J connectivity index is 2.87. The first kappa shape index (κ1) is 12.6. The number of hydrogen-bond donors (Lipinski definition) is 1. The summed E-state index contributed by atoms with van der Waals surface area (Å²) in [4.78, 5) is 23.2. The predicted octanol–water partition coefficient (Wildman–Crippen LogP) is 1.96. The quantitative estimate of drug-likeness (QED) is 0.752. The summed E-state index contributed by atoms with van der Waals surface area (Å²) in [5.74, 6) is 0.202. The number of rotatable bonds is 3. The maximum atomic E-state index is 11.9. The molecular formula is C11H19NO2S. The maximum Gasteiger partial charge on any atom is 0.242 e. The van der Waals surface area contributed by atoms with Crippen molar-refractivity contribution >= 4 is 23.6 Å². The summed E-state index contributed by atoms with van der Waals surface area (Å²) >= 11 is 1.52. The molecule has 4 heteroatoms. The highest BCUT2D eigenvalue weighted by molar-refractivity contribution is 8.02. The lowest BCUT2D eigenvalue weighted by molar-refractivity contribution is -0.132. The molecular weight excluding hydrogens is 210 g/mol. The van der Waals surface area contributed by atoms with Gasteiger partial charge in [0, 0.05) is 0 Å². The molecule has 2 unspecified atom stereocenters. The molecule has 0 aromatic rings. The van der Waals surface area contributed by atoms with Gasteiger partial charge < -0.3 is 0 Å². The van der Waals surface area contributed by atoms with Crippen LogP contribution < -0.4 is 5.32 Å². The van der Waals surface area contributed by atoms with Gasteiger partial charge in [-0.05, 0) is 25.7 Å². The summed E-state index contributed by atoms with van der Waals surface area (Å²) in [6, 6.07) is 0. The number of amides is 2. The van der Waals surface area contributed by atoms with Crippen LogP contribution in [0.5, 0.6) is 0 Å². The third-order valence-electron chi connectivity index (χ3n) is 2.73. The van der Waals surface area contributed by atoms with Crippen LogP contribution in [0.15, 0.2) is 0 Å². The molecule has 0 spiro atoms. The van der Waals surface area contributed by atoms with Gasteiger partial charge in [0.2, 0.25) is 11.8 Å². The van der Waals surface area contributed by atoms with Gasteiger partial charge in [-0.2, -0.15) is 0 Å². The Morgan fingerprint density at radius 3 is 2.53 bits per heavy atom. The Morgan fingerprint density at radius 2 is 2.07 bits per heavy atom. The molecule has 2 amide bonds. The third-order valence-corrected chi connectivity index (χ3v) is 4.39. The fourth-order valence-electron chi connectivity index (χ4n) is 1.96. The average molecular weight is 229 g/mol. The standard InChI is InChI=1S/C11H19NO2S/c1-5-11(6-7(2)3)10(14)12-9(13)8(4)15-11/h7-8H,5-6H2,1-4H3,(H,12,13,14). The van der Waals surface area contributed by atoms with Crippen molar-refractivity contribution in [1.29, 1.82) is 0 Å². The first-order chi connectivity index (χ1) is 6.91. The van der Waals surface area contributed by atoms with Gasteiger partial charge in [-0.15, -0.1) is 11.8 Å². The van der Waals surface area contributed by atoms with E-state index in [4.69, 9.17) is 0 Å². The first-order valence-electron chi connectivity index (χ1n) is 5.44. The predicted molar refractivity (Wildman–Crippen MR) is 62.7 cm³/mol. The number of thioether (sulfide) groups is 1. The molecule has 1 aliphatic rings. The smallest absolute Gasteiger partial charge is 0.242 e. The van der Waals surface area contributed by atoms with E-state index in [0.29, 0.717) is 5.92 Å². The van der Waals surface area contributed by atoms with Crippen molar-refractivity contribution in [3.05, 3.63) is 0 Å². The van der Waals surface area contributed by atoms with Gasteiger partial charge in [0.25, 0.3) is 0 Å². The minimum absolute atomic E-state index is 0.105. The molecule has 0 bridgehead atoms. The van der Waals surface area contributed by atoms with E-state index in [1.165, 1.54) is 11.8 Å². The molecule has 1 heterocycles. The van der Waals surface area contributed by atoms with Crippen molar-refractivity contribution < 1.29 is 9.59 Å². The van der Waals surface area contributed by atoms with E-state index >= 15 is 0 Å². The Hall–Kier alpha value is -0.510. The molecule has 0 radical (unpaired) electrons. The zero-order valence-corrected chi connectivity index (χ0v) is 10.6. The van der Waals surface area contributed by atoms with Crippen molar-refractivity contribution in [2.45, 2.75) is 50.5 Å². The number of hydrogen-bond acceptors (Lipinski definition) is 3. The van der Waals surface area contributed by atoms with Crippen LogP contribution in [0.3, 0.4) is 0 Å². The van der Waals surface area contributed by atoms with E-state index in [9.17, 15) is 9.59 Å². The molecule has 1 rings (SSSR count). The van der Waals surface area contributed by atoms with Gasteiger partial charge in [-0.25, -0.2) is 0 Å². The SMILES string of the molecule is CCC1(CC(C)C)SC(C)C(=O)NC1=O. The van der Waals surface area contributed by atoms with Crippen molar-refractivity contribution in [2.24, 2.45) is 5.92 Å². The topological polar surface area (TPSA) is 46.2 Å². The van der Waals surface area contributed by atoms with Crippen molar-refractivity contribution in [2.75, 3.05) is 0 Å². The zero-order valence-electron chi connectivity index (χ0n) is 9.79. The molecule has 1 aliphatic heterocycles. The second-order valence-electron chi connectivity index (χ2n) is 4.52. The van der Waals surface area contributed by atoms with Crippen LogP contribution >= 0.6 is 11.8 Å². The second-order valence-corrected chi connectivity index (χ2v) is 6.25. The summed E-state index contributed by atoms with van der Waals surface area (Å²) in [6.45, 7) is 8.08. The van der Waals surface area contributed by atoms with Gasteiger partial charge in [0.1, 0.15) is 0 Å². The Labute approximate surface area is 95.4 Å². The van der Waals surface area contributed by atoms with Crippen LogP contribution in [0.2, 0.25) is 0 Å². The average Bonchev–Trinajstić information content (AvgIpc) is 2.13. The fourth-order valence-corrected chi connectivity index (χ4v) is 3.56. The highest BCUT2D eigenvalue weighted by atomic mass is 32.2. The number of carbonyl (C=O) groups is 2. The van der Waals surface area contributed by atoms with Crippen molar-refractivity contribution in [1.82, 2.24) is 5.32 Å². The van der Waals surface area contributed by atoms with Crippen LogP contribution in [-0.2, 0) is 9.59 Å². The Kier molecular flexibility index (Phi) is 3.82. The van der Waals surface area contributed by atoms with Crippen LogP contribution in [0.25, 0.3) is 0 Å². The lowest BCUT2D eigenvalue weighted by Gasteiger charge is -2.37. The molecule has 2 atom stereocenters. The van der Waals surface area contributed by atoms with Gasteiger partial charge >= 0.3 is 0 Å². The zero-order chi connectivity index (χ0) is 11.6. The molecule has 0 aromatic heterocycles. The number of carbonyl (C=O) groups excluding carboxylic acids is 2. The van der Waals surface area contributed by atoms with E-state index in [2.05, 4.69) is 19.2 Å². The Bertz CT molecular complexity index is 278. The fraction of sp³-hybridized carbons (Fsp3) is 0.818. The number of nitrogens with one attached hydrogen (secondary N) is 1. The monoisotopic (exact) mass is 229 g/mol. The molecule has 1 saturated heterocycles. The van der Waals surface area contributed by atoms with Gasteiger partial charge in [-0.3, -0.25) is 14.9 Å². The van der Waals surface area contributed by atoms with E-state index < -0.39 is 4.75 Å². The summed E-state index contributed by atoms with van der Waals surface area (Å²) < 4.78 is -0.401. The number of imide groups is 1. The normalized spacial score (nSPS) is 31.9. The molecule has 3 nitrogen and oxygen atoms in total. The first-order valence-corrected chi connectivity index (χ1v) is 6.32. The van der Waals surface area contributed by atoms with E-state index in [-0.39, 0.29) is 17.1 Å². The minimum atomic E-state index is -0.401. The van der Waals surface area contributed by atoms with Crippen molar-refractivity contribution in [3.63, 3.8) is 0 Å². The molecule has 86 valence electrons. The molecule has 0 aromatic carbocycles. The minimum Gasteiger partial charge on any atom is -0.294 e. The third kappa shape index (κ3) is 2.54. The summed E-state index contributed by atoms with van der Waals surface area (Å²) in [6.07, 6.45) is 1.61. The lowest BCUT2D eigenvalue weighted by Crippen LogP contribution is -2.55. The van der Waals surface area contributed by atoms with Crippen LogP contribution in [0, 0.1) is 5.92 Å². The van der Waals surface area contributed by atoms with Crippen molar-refractivity contribution in [3.8, 4) is 0 Å². The van der Waals surface area contributed by atoms with Gasteiger partial charge in [-0.1, -0.05) is 20.8 Å². The highest BCUT2D eigenvalue weighted by Crippen LogP contribution is 2.40. The summed E-state index contributed by atoms with van der Waals surface area (Å²) in [5.41, 5.74) is 0. The maximum absolute atomic E-state index is 11.9. The van der Waals surface area contributed by atoms with Crippen LogP contribution in [0.1, 0.15) is 40.5 Å². The summed E-state index contributed by atoms with van der Waals surface area (Å²) in [7, 11) is 0. The van der Waals surface area contributed by atoms with E-state index in [1.807, 2.05) is 13.8 Å². The molecule has 1 N–H and O–H groups in total. The van der Waals surface area contributed by atoms with Crippen LogP contribution in [0.4, 0.5) is 0 Å². The van der Waals surface area contributed by atoms with Crippen LogP contribution in [-0.4, -0.2) is 21.8 Å². The lowest BCUT2D eigenvalue weighted by atomic mass is 9.92. The van der Waals surface area contributed by atoms with E-state index in [0.717, 1.165) is 12.8 Å². The van der Waals surface area contributed by atoms with Gasteiger partial charge in [0.05, 0.1) is 10.00 Å². The van der Waals surface area contributed by atoms with Gasteiger partial charge in [0.15, 0.2) is 0 Å². The molecule has 1 fully saturated rings. The Morgan fingerprint density at radius 1 is 1.47 bits per heavy atom. The summed E-state index contributed by atoms with van der Waals surface area (Å²) in [5, 5.41) is 2.35. The van der Waals surface area contributed by atoms with E-state index in [1.54, 1.807) is 0 Å². The molecule has 0 saturated carbocycles. The largest absolute Gasteiger partial charge is 0.294 e.